The molecule has 0 bridgehead atoms. The van der Waals surface area contributed by atoms with Crippen LogP contribution >= 0.6 is 15.9 Å². The molecule has 0 saturated heterocycles. The van der Waals surface area contributed by atoms with E-state index in [1.165, 1.54) is 10.9 Å². The average molecular weight is 320 g/mol. The van der Waals surface area contributed by atoms with Gasteiger partial charge in [0.15, 0.2) is 5.69 Å². The van der Waals surface area contributed by atoms with Crippen molar-refractivity contribution in [1.82, 2.24) is 9.78 Å². The van der Waals surface area contributed by atoms with Crippen LogP contribution in [-0.2, 0) is 12.7 Å². The van der Waals surface area contributed by atoms with Crippen molar-refractivity contribution in [3.05, 3.63) is 46.2 Å². The summed E-state index contributed by atoms with van der Waals surface area (Å²) in [5, 5.41) is 3.47. The first-order chi connectivity index (χ1) is 8.34. The summed E-state index contributed by atoms with van der Waals surface area (Å²) in [6, 6.07) is 6.14. The lowest BCUT2D eigenvalue weighted by Gasteiger charge is -2.05. The van der Waals surface area contributed by atoms with Crippen LogP contribution in [0.4, 0.5) is 18.9 Å². The van der Waals surface area contributed by atoms with Crippen LogP contribution < -0.4 is 5.73 Å². The lowest BCUT2D eigenvalue weighted by molar-refractivity contribution is -0.141. The summed E-state index contributed by atoms with van der Waals surface area (Å²) in [4.78, 5) is 0. The van der Waals surface area contributed by atoms with Crippen molar-refractivity contribution in [2.45, 2.75) is 12.7 Å². The van der Waals surface area contributed by atoms with E-state index in [0.29, 0.717) is 5.69 Å². The Morgan fingerprint density at radius 1 is 1.28 bits per heavy atom. The number of anilines is 1. The third-order valence-electron chi connectivity index (χ3n) is 2.26. The van der Waals surface area contributed by atoms with E-state index < -0.39 is 11.9 Å². The normalized spacial score (nSPS) is 11.8. The molecule has 2 rings (SSSR count). The van der Waals surface area contributed by atoms with Gasteiger partial charge < -0.3 is 5.73 Å². The molecule has 2 aromatic rings. The molecule has 1 aromatic carbocycles. The van der Waals surface area contributed by atoms with Crippen molar-refractivity contribution in [2.75, 3.05) is 5.73 Å². The van der Waals surface area contributed by atoms with Gasteiger partial charge in [0.05, 0.1) is 6.54 Å². The number of alkyl halides is 3. The van der Waals surface area contributed by atoms with Gasteiger partial charge in [0.1, 0.15) is 0 Å². The Balaban J connectivity index is 2.21. The minimum Gasteiger partial charge on any atom is -0.399 e. The zero-order valence-corrected chi connectivity index (χ0v) is 10.7. The van der Waals surface area contributed by atoms with Gasteiger partial charge in [-0.25, -0.2) is 0 Å². The molecule has 3 nitrogen and oxygen atoms in total. The number of rotatable bonds is 2. The molecule has 2 N–H and O–H groups in total. The molecule has 0 radical (unpaired) electrons. The maximum absolute atomic E-state index is 12.4. The smallest absolute Gasteiger partial charge is 0.399 e. The number of nitrogens with zero attached hydrogens (tertiary/aromatic N) is 2. The maximum atomic E-state index is 12.4. The minimum atomic E-state index is -4.42. The van der Waals surface area contributed by atoms with Crippen molar-refractivity contribution < 1.29 is 13.2 Å². The van der Waals surface area contributed by atoms with E-state index >= 15 is 0 Å². The van der Waals surface area contributed by atoms with Crippen molar-refractivity contribution >= 4 is 21.6 Å². The Hall–Kier alpha value is -1.50. The Morgan fingerprint density at radius 3 is 2.56 bits per heavy atom. The topological polar surface area (TPSA) is 43.8 Å². The van der Waals surface area contributed by atoms with Gasteiger partial charge in [0, 0.05) is 16.4 Å². The molecule has 1 aromatic heterocycles. The molecule has 7 heteroatoms. The van der Waals surface area contributed by atoms with Crippen molar-refractivity contribution in [3.63, 3.8) is 0 Å². The predicted octanol–water partition coefficient (Wildman–Crippen LogP) is 3.29. The van der Waals surface area contributed by atoms with Crippen molar-refractivity contribution in [3.8, 4) is 0 Å². The van der Waals surface area contributed by atoms with Gasteiger partial charge >= 0.3 is 6.18 Å². The van der Waals surface area contributed by atoms with Gasteiger partial charge in [-0.3, -0.25) is 4.68 Å². The highest BCUT2D eigenvalue weighted by Gasteiger charge is 2.33. The van der Waals surface area contributed by atoms with Gasteiger partial charge in [0.2, 0.25) is 0 Å². The number of aromatic nitrogens is 2. The first kappa shape index (κ1) is 12.9. The summed E-state index contributed by atoms with van der Waals surface area (Å²) in [6.45, 7) is 0.236. The number of hydrogen-bond acceptors (Lipinski definition) is 2. The second kappa shape index (κ2) is 4.64. The van der Waals surface area contributed by atoms with E-state index in [-0.39, 0.29) is 6.54 Å². The minimum absolute atomic E-state index is 0.236. The van der Waals surface area contributed by atoms with E-state index in [1.54, 1.807) is 18.2 Å². The second-order valence-electron chi connectivity index (χ2n) is 3.79. The molecule has 18 heavy (non-hydrogen) atoms. The monoisotopic (exact) mass is 319 g/mol. The van der Waals surface area contributed by atoms with E-state index in [0.717, 1.165) is 16.1 Å². The fourth-order valence-electron chi connectivity index (χ4n) is 1.55. The van der Waals surface area contributed by atoms with E-state index in [1.807, 2.05) is 0 Å². The summed E-state index contributed by atoms with van der Waals surface area (Å²) < 4.78 is 39.1. The maximum Gasteiger partial charge on any atom is 0.435 e. The van der Waals surface area contributed by atoms with Crippen LogP contribution in [-0.4, -0.2) is 9.78 Å². The molecule has 0 aliphatic carbocycles. The third-order valence-corrected chi connectivity index (χ3v) is 2.71. The van der Waals surface area contributed by atoms with Crippen LogP contribution in [0.3, 0.4) is 0 Å². The fourth-order valence-corrected chi connectivity index (χ4v) is 2.11. The van der Waals surface area contributed by atoms with Crippen LogP contribution in [0.25, 0.3) is 0 Å². The van der Waals surface area contributed by atoms with E-state index in [2.05, 4.69) is 21.0 Å². The highest BCUT2D eigenvalue weighted by Crippen LogP contribution is 2.27. The highest BCUT2D eigenvalue weighted by molar-refractivity contribution is 9.10. The lowest BCUT2D eigenvalue weighted by atomic mass is 10.2. The molecule has 0 fully saturated rings. The largest absolute Gasteiger partial charge is 0.435 e. The molecule has 0 saturated carbocycles. The zero-order valence-electron chi connectivity index (χ0n) is 9.08. The molecule has 0 aliphatic rings. The predicted molar refractivity (Wildman–Crippen MR) is 64.9 cm³/mol. The molecule has 0 atom stereocenters. The Labute approximate surface area is 110 Å². The van der Waals surface area contributed by atoms with E-state index in [9.17, 15) is 13.2 Å². The van der Waals surface area contributed by atoms with Gasteiger partial charge in [-0.15, -0.1) is 0 Å². The van der Waals surface area contributed by atoms with Gasteiger partial charge in [-0.2, -0.15) is 18.3 Å². The van der Waals surface area contributed by atoms with Crippen LogP contribution in [0.2, 0.25) is 0 Å². The Morgan fingerprint density at radius 2 is 2.00 bits per heavy atom. The van der Waals surface area contributed by atoms with Gasteiger partial charge in [-0.1, -0.05) is 15.9 Å². The summed E-state index contributed by atoms with van der Waals surface area (Å²) in [6.07, 6.45) is -3.12. The SMILES string of the molecule is Nc1cc(Br)cc(Cn2ccc(C(F)(F)F)n2)c1. The van der Waals surface area contributed by atoms with Crippen LogP contribution in [0, 0.1) is 0 Å². The van der Waals surface area contributed by atoms with Gasteiger partial charge in [-0.05, 0) is 29.8 Å². The average Bonchev–Trinajstić information content (AvgIpc) is 2.63. The highest BCUT2D eigenvalue weighted by atomic mass is 79.9. The van der Waals surface area contributed by atoms with Gasteiger partial charge in [0.25, 0.3) is 0 Å². The molecule has 0 aliphatic heterocycles. The summed E-state index contributed by atoms with van der Waals surface area (Å²) in [7, 11) is 0. The van der Waals surface area contributed by atoms with Crippen LogP contribution in [0.15, 0.2) is 34.9 Å². The third kappa shape index (κ3) is 3.04. The van der Waals surface area contributed by atoms with Crippen LogP contribution in [0.1, 0.15) is 11.3 Å². The molecular formula is C11H9BrF3N3. The molecule has 0 unspecified atom stereocenters. The zero-order chi connectivity index (χ0) is 13.3. The first-order valence-electron chi connectivity index (χ1n) is 5.00. The standard InChI is InChI=1S/C11H9BrF3N3/c12-8-3-7(4-9(16)5-8)6-18-2-1-10(17-18)11(13,14)15/h1-5H,6,16H2. The molecule has 0 spiro atoms. The Kier molecular flexibility index (Phi) is 3.34. The van der Waals surface area contributed by atoms with E-state index in [4.69, 9.17) is 5.73 Å². The molecule has 0 amide bonds. The molecule has 1 heterocycles. The number of halogens is 4. The number of nitrogen functional groups attached to an aromatic ring is 1. The lowest BCUT2D eigenvalue weighted by Crippen LogP contribution is -2.08. The Bertz CT molecular complexity index is 543. The number of nitrogens with two attached hydrogens (primary N) is 1. The van der Waals surface area contributed by atoms with Crippen LogP contribution in [0.5, 0.6) is 0 Å². The molecular weight excluding hydrogens is 311 g/mol. The first-order valence-corrected chi connectivity index (χ1v) is 5.79. The summed E-state index contributed by atoms with van der Waals surface area (Å²) >= 11 is 3.27. The quantitative estimate of drug-likeness (QED) is 0.863. The second-order valence-corrected chi connectivity index (χ2v) is 4.70. The summed E-state index contributed by atoms with van der Waals surface area (Å²) in [5.41, 5.74) is 6.07. The number of hydrogen-bond donors (Lipinski definition) is 1. The van der Waals surface area contributed by atoms with Crippen molar-refractivity contribution in [2.24, 2.45) is 0 Å². The summed E-state index contributed by atoms with van der Waals surface area (Å²) in [5.74, 6) is 0. The van der Waals surface area contributed by atoms with Crippen molar-refractivity contribution in [1.29, 1.82) is 0 Å². The number of benzene rings is 1. The fraction of sp³-hybridized carbons (Fsp3) is 0.182. The molecule has 96 valence electrons.